The number of morpholine rings is 1. The number of nitrogens with one attached hydrogen (secondary N) is 4. The standard InChI is InChI=1S/C24H27N7OS/c1-16-15-32-8-7-30(16)20-9-18-10-21(4-5-22(18)29-13-20)33-24(27)31-14-17(3-6-23(31)26)19(11-25)12-28-2/h3-6,9-14,16,25-28H,7-8,15H2,1-2H3/b19-12+,25-11?,26-23?,27-24?. The molecule has 8 nitrogen and oxygen atoms in total. The number of benzene rings is 1. The van der Waals surface area contributed by atoms with Crippen molar-refractivity contribution < 1.29 is 4.74 Å². The van der Waals surface area contributed by atoms with E-state index in [-0.39, 0.29) is 10.7 Å². The maximum Gasteiger partial charge on any atom is 0.171 e. The van der Waals surface area contributed by atoms with Crippen LogP contribution >= 0.6 is 11.8 Å². The fraction of sp³-hybridized carbons (Fsp3) is 0.250. The number of anilines is 1. The van der Waals surface area contributed by atoms with Crippen LogP contribution in [0.3, 0.4) is 0 Å². The molecule has 1 aromatic carbocycles. The molecule has 33 heavy (non-hydrogen) atoms. The summed E-state index contributed by atoms with van der Waals surface area (Å²) in [5, 5.41) is 28.6. The zero-order chi connectivity index (χ0) is 23.4. The van der Waals surface area contributed by atoms with Crippen LogP contribution in [0.4, 0.5) is 5.69 Å². The molecular formula is C24H27N7OS. The number of nitrogens with zero attached hydrogens (tertiary/aromatic N) is 3. The molecule has 1 atom stereocenters. The van der Waals surface area contributed by atoms with Crippen LogP contribution in [-0.2, 0) is 4.74 Å². The van der Waals surface area contributed by atoms with Gasteiger partial charge in [0.05, 0.1) is 30.6 Å². The first-order chi connectivity index (χ1) is 16.0. The Morgan fingerprint density at radius 2 is 2.12 bits per heavy atom. The van der Waals surface area contributed by atoms with E-state index >= 15 is 0 Å². The third kappa shape index (κ3) is 4.99. The topological polar surface area (TPSA) is 114 Å². The number of aromatic nitrogens is 2. The van der Waals surface area contributed by atoms with Crippen molar-refractivity contribution >= 4 is 45.3 Å². The summed E-state index contributed by atoms with van der Waals surface area (Å²) in [6.45, 7) is 4.41. The quantitative estimate of drug-likeness (QED) is 0.264. The van der Waals surface area contributed by atoms with Gasteiger partial charge in [-0.25, -0.2) is 0 Å². The molecule has 0 aliphatic carbocycles. The highest BCUT2D eigenvalue weighted by atomic mass is 32.2. The molecule has 0 bridgehead atoms. The van der Waals surface area contributed by atoms with Gasteiger partial charge >= 0.3 is 0 Å². The minimum atomic E-state index is 0.205. The van der Waals surface area contributed by atoms with Gasteiger partial charge in [-0.15, -0.1) is 0 Å². The number of allylic oxidation sites excluding steroid dienone is 1. The first-order valence-electron chi connectivity index (χ1n) is 10.7. The molecule has 0 amide bonds. The van der Waals surface area contributed by atoms with Crippen LogP contribution in [-0.4, -0.2) is 53.8 Å². The SMILES string of the molecule is CN/C=C(\C=N)c1ccc(=N)n(C(=N)Sc2ccc3ncc(N4CCOCC4C)cc3c2)c1. The van der Waals surface area contributed by atoms with Crippen molar-refractivity contribution in [2.24, 2.45) is 0 Å². The van der Waals surface area contributed by atoms with E-state index in [4.69, 9.17) is 21.0 Å². The molecule has 4 rings (SSSR count). The lowest BCUT2D eigenvalue weighted by atomic mass is 10.1. The zero-order valence-corrected chi connectivity index (χ0v) is 19.4. The van der Waals surface area contributed by atoms with Crippen molar-refractivity contribution in [2.45, 2.75) is 17.9 Å². The Bertz CT molecular complexity index is 1280. The molecule has 4 N–H and O–H groups in total. The number of hydrogen-bond donors (Lipinski definition) is 4. The van der Waals surface area contributed by atoms with E-state index in [1.165, 1.54) is 22.5 Å². The van der Waals surface area contributed by atoms with Gasteiger partial charge in [-0.2, -0.15) is 0 Å². The van der Waals surface area contributed by atoms with Gasteiger partial charge in [0.1, 0.15) is 5.49 Å². The predicted octanol–water partition coefficient (Wildman–Crippen LogP) is 3.53. The van der Waals surface area contributed by atoms with Crippen LogP contribution in [0.25, 0.3) is 16.5 Å². The zero-order valence-electron chi connectivity index (χ0n) is 18.6. The predicted molar refractivity (Wildman–Crippen MR) is 134 cm³/mol. The molecule has 1 aliphatic rings. The van der Waals surface area contributed by atoms with Gasteiger partial charge in [0, 0.05) is 59.7 Å². The second-order valence-electron chi connectivity index (χ2n) is 7.78. The van der Waals surface area contributed by atoms with Crippen molar-refractivity contribution in [1.82, 2.24) is 14.9 Å². The third-order valence-corrected chi connectivity index (χ3v) is 6.39. The fourth-order valence-electron chi connectivity index (χ4n) is 3.79. The molecule has 1 aliphatic heterocycles. The normalized spacial score (nSPS) is 16.6. The monoisotopic (exact) mass is 461 g/mol. The van der Waals surface area contributed by atoms with E-state index in [2.05, 4.69) is 28.2 Å². The van der Waals surface area contributed by atoms with Crippen LogP contribution in [0.5, 0.6) is 0 Å². The van der Waals surface area contributed by atoms with Gasteiger partial charge in [-0.1, -0.05) is 11.8 Å². The minimum absolute atomic E-state index is 0.205. The maximum atomic E-state index is 8.62. The van der Waals surface area contributed by atoms with Crippen LogP contribution in [0, 0.1) is 16.2 Å². The Morgan fingerprint density at radius 1 is 1.27 bits per heavy atom. The molecule has 2 aromatic heterocycles. The summed E-state index contributed by atoms with van der Waals surface area (Å²) in [6.07, 6.45) is 6.59. The highest BCUT2D eigenvalue weighted by Gasteiger charge is 2.19. The van der Waals surface area contributed by atoms with Gasteiger partial charge < -0.3 is 20.4 Å². The molecule has 0 radical (unpaired) electrons. The van der Waals surface area contributed by atoms with Crippen LogP contribution in [0.1, 0.15) is 12.5 Å². The Balaban J connectivity index is 1.61. The van der Waals surface area contributed by atoms with Crippen LogP contribution in [0.15, 0.2) is 59.9 Å². The maximum absolute atomic E-state index is 8.62. The Labute approximate surface area is 196 Å². The lowest BCUT2D eigenvalue weighted by Gasteiger charge is -2.35. The van der Waals surface area contributed by atoms with E-state index in [9.17, 15) is 0 Å². The summed E-state index contributed by atoms with van der Waals surface area (Å²) < 4.78 is 7.07. The summed E-state index contributed by atoms with van der Waals surface area (Å²) in [6, 6.07) is 11.8. The van der Waals surface area contributed by atoms with Crippen molar-refractivity contribution in [3.8, 4) is 0 Å². The molecule has 3 aromatic rings. The largest absolute Gasteiger partial charge is 0.393 e. The first-order valence-corrected chi connectivity index (χ1v) is 11.5. The van der Waals surface area contributed by atoms with E-state index in [1.807, 2.05) is 24.4 Å². The minimum Gasteiger partial charge on any atom is -0.393 e. The van der Waals surface area contributed by atoms with Crippen molar-refractivity contribution in [3.63, 3.8) is 0 Å². The molecule has 0 spiro atoms. The van der Waals surface area contributed by atoms with E-state index in [1.54, 1.807) is 31.6 Å². The summed E-state index contributed by atoms with van der Waals surface area (Å²) in [4.78, 5) is 7.84. The molecular weight excluding hydrogens is 434 g/mol. The number of ether oxygens (including phenoxy) is 1. The van der Waals surface area contributed by atoms with Gasteiger partial charge in [0.15, 0.2) is 5.17 Å². The number of hydrogen-bond acceptors (Lipinski definition) is 8. The summed E-state index contributed by atoms with van der Waals surface area (Å²) in [5.74, 6) is 0. The highest BCUT2D eigenvalue weighted by molar-refractivity contribution is 8.13. The van der Waals surface area contributed by atoms with Crippen molar-refractivity contribution in [3.05, 3.63) is 66.0 Å². The Hall–Kier alpha value is -3.43. The van der Waals surface area contributed by atoms with Gasteiger partial charge in [-0.3, -0.25) is 20.4 Å². The Morgan fingerprint density at radius 3 is 2.88 bits per heavy atom. The van der Waals surface area contributed by atoms with Crippen molar-refractivity contribution in [2.75, 3.05) is 31.7 Å². The molecule has 1 unspecified atom stereocenters. The average Bonchev–Trinajstić information content (AvgIpc) is 2.83. The molecule has 0 saturated carbocycles. The van der Waals surface area contributed by atoms with Gasteiger partial charge in [0.25, 0.3) is 0 Å². The van der Waals surface area contributed by atoms with Crippen molar-refractivity contribution in [1.29, 1.82) is 16.2 Å². The average molecular weight is 462 g/mol. The summed E-state index contributed by atoms with van der Waals surface area (Å²) in [5.41, 5.74) is 3.61. The van der Waals surface area contributed by atoms with Crippen LogP contribution in [0.2, 0.25) is 0 Å². The lowest BCUT2D eigenvalue weighted by molar-refractivity contribution is 0.0989. The number of pyridine rings is 2. The lowest BCUT2D eigenvalue weighted by Crippen LogP contribution is -2.43. The summed E-state index contributed by atoms with van der Waals surface area (Å²) >= 11 is 1.28. The second kappa shape index (κ2) is 10.0. The summed E-state index contributed by atoms with van der Waals surface area (Å²) in [7, 11) is 1.77. The second-order valence-corrected chi connectivity index (χ2v) is 8.84. The number of rotatable bonds is 5. The molecule has 9 heteroatoms. The Kier molecular flexibility index (Phi) is 6.90. The van der Waals surface area contributed by atoms with Crippen LogP contribution < -0.4 is 15.7 Å². The smallest absolute Gasteiger partial charge is 0.171 e. The molecule has 3 heterocycles. The van der Waals surface area contributed by atoms with Gasteiger partial charge in [0.2, 0.25) is 0 Å². The molecule has 1 saturated heterocycles. The van der Waals surface area contributed by atoms with E-state index in [0.717, 1.165) is 33.6 Å². The van der Waals surface area contributed by atoms with Gasteiger partial charge in [-0.05, 0) is 43.3 Å². The number of thioether (sulfide) groups is 1. The van der Waals surface area contributed by atoms with E-state index < -0.39 is 0 Å². The molecule has 170 valence electrons. The fourth-order valence-corrected chi connectivity index (χ4v) is 4.59. The third-order valence-electron chi connectivity index (χ3n) is 5.51. The van der Waals surface area contributed by atoms with E-state index in [0.29, 0.717) is 24.8 Å². The first kappa shape index (κ1) is 22.8. The highest BCUT2D eigenvalue weighted by Crippen LogP contribution is 2.28. The molecule has 1 fully saturated rings. The number of fused-ring (bicyclic) bond motifs is 1.